The fraction of sp³-hybridized carbons (Fsp3) is 0.125. The van der Waals surface area contributed by atoms with Crippen LogP contribution in [0.25, 0.3) is 0 Å². The molecule has 0 spiro atoms. The molecule has 8 heteroatoms. The van der Waals surface area contributed by atoms with Crippen molar-refractivity contribution in [2.75, 3.05) is 0 Å². The summed E-state index contributed by atoms with van der Waals surface area (Å²) < 4.78 is 0. The Bertz CT molecular complexity index is 381. The van der Waals surface area contributed by atoms with E-state index >= 15 is 0 Å². The molecule has 1 rings (SSSR count). The summed E-state index contributed by atoms with van der Waals surface area (Å²) in [5, 5.41) is 21.7. The first-order chi connectivity index (χ1) is 7.63. The Balaban J connectivity index is 2.73. The van der Waals surface area contributed by atoms with Crippen molar-refractivity contribution in [3.8, 4) is 0 Å². The number of benzene rings is 1. The van der Waals surface area contributed by atoms with Gasteiger partial charge in [0.2, 0.25) is 0 Å². The zero-order valence-electron chi connectivity index (χ0n) is 8.28. The number of nitrogens with one attached hydrogen (secondary N) is 1. The molecule has 0 heterocycles. The van der Waals surface area contributed by atoms with Crippen LogP contribution in [0.1, 0.15) is 5.56 Å². The molecule has 0 aliphatic rings. The van der Waals surface area contributed by atoms with Gasteiger partial charge in [0, 0.05) is 0 Å². The van der Waals surface area contributed by atoms with Crippen LogP contribution in [-0.4, -0.2) is 21.2 Å². The van der Waals surface area contributed by atoms with Crippen molar-refractivity contribution in [1.29, 1.82) is 0 Å². The molecule has 0 atom stereocenters. The SMILES string of the molecule is NC(=N[N+](=O)[O-])N(Cc1ccccc1)NO. The number of rotatable bonds is 4. The van der Waals surface area contributed by atoms with E-state index in [1.54, 1.807) is 29.9 Å². The molecule has 0 aromatic heterocycles. The Morgan fingerprint density at radius 3 is 2.69 bits per heavy atom. The van der Waals surface area contributed by atoms with Crippen LogP contribution in [0.3, 0.4) is 0 Å². The molecule has 16 heavy (non-hydrogen) atoms. The van der Waals surface area contributed by atoms with Crippen molar-refractivity contribution >= 4 is 5.96 Å². The second kappa shape index (κ2) is 5.63. The van der Waals surface area contributed by atoms with E-state index in [1.165, 1.54) is 0 Å². The zero-order valence-corrected chi connectivity index (χ0v) is 8.28. The molecule has 86 valence electrons. The Morgan fingerprint density at radius 2 is 2.19 bits per heavy atom. The van der Waals surface area contributed by atoms with Crippen molar-refractivity contribution in [3.05, 3.63) is 46.0 Å². The van der Waals surface area contributed by atoms with Crippen LogP contribution in [0, 0.1) is 10.1 Å². The number of nitro groups is 1. The molecule has 1 aromatic rings. The number of nitrogens with zero attached hydrogens (tertiary/aromatic N) is 3. The van der Waals surface area contributed by atoms with Crippen LogP contribution < -0.4 is 11.3 Å². The molecule has 0 aliphatic carbocycles. The lowest BCUT2D eigenvalue weighted by Crippen LogP contribution is -2.45. The highest BCUT2D eigenvalue weighted by Gasteiger charge is 2.11. The molecule has 0 saturated carbocycles. The molecular weight excluding hydrogens is 214 g/mol. The van der Waals surface area contributed by atoms with Gasteiger partial charge in [-0.3, -0.25) is 5.21 Å². The van der Waals surface area contributed by atoms with E-state index in [2.05, 4.69) is 5.10 Å². The second-order valence-corrected chi connectivity index (χ2v) is 2.87. The minimum atomic E-state index is -0.940. The average Bonchev–Trinajstić information content (AvgIpc) is 2.26. The van der Waals surface area contributed by atoms with Gasteiger partial charge >= 0.3 is 0 Å². The molecule has 0 fully saturated rings. The maximum Gasteiger partial charge on any atom is 0.285 e. The quantitative estimate of drug-likeness (QED) is 0.285. The number of nitrogens with two attached hydrogens (primary N) is 1. The molecular formula is C8H11N5O3. The van der Waals surface area contributed by atoms with Gasteiger partial charge in [0.05, 0.1) is 6.54 Å². The van der Waals surface area contributed by atoms with Crippen LogP contribution in [0.15, 0.2) is 35.4 Å². The summed E-state index contributed by atoms with van der Waals surface area (Å²) >= 11 is 0. The molecule has 8 nitrogen and oxygen atoms in total. The van der Waals surface area contributed by atoms with Gasteiger partial charge in [0.15, 0.2) is 5.03 Å². The third-order valence-electron chi connectivity index (χ3n) is 1.76. The van der Waals surface area contributed by atoms with Crippen molar-refractivity contribution in [3.63, 3.8) is 0 Å². The predicted molar refractivity (Wildman–Crippen MR) is 55.5 cm³/mol. The van der Waals surface area contributed by atoms with E-state index in [0.717, 1.165) is 10.6 Å². The summed E-state index contributed by atoms with van der Waals surface area (Å²) in [5.41, 5.74) is 7.83. The summed E-state index contributed by atoms with van der Waals surface area (Å²) in [6, 6.07) is 8.99. The van der Waals surface area contributed by atoms with Gasteiger partial charge in [0.1, 0.15) is 5.10 Å². The van der Waals surface area contributed by atoms with Crippen LogP contribution in [0.2, 0.25) is 0 Å². The molecule has 0 amide bonds. The number of hydrazine groups is 1. The van der Waals surface area contributed by atoms with Gasteiger partial charge in [-0.2, -0.15) is 0 Å². The lowest BCUT2D eigenvalue weighted by molar-refractivity contribution is -0.486. The number of hydrogen-bond acceptors (Lipinski definition) is 4. The lowest BCUT2D eigenvalue weighted by atomic mass is 10.2. The van der Waals surface area contributed by atoms with Gasteiger partial charge in [-0.15, -0.1) is 5.59 Å². The molecule has 0 radical (unpaired) electrons. The molecule has 0 unspecified atom stereocenters. The van der Waals surface area contributed by atoms with E-state index in [4.69, 9.17) is 10.9 Å². The van der Waals surface area contributed by atoms with Crippen LogP contribution >= 0.6 is 0 Å². The van der Waals surface area contributed by atoms with E-state index in [9.17, 15) is 10.1 Å². The Morgan fingerprint density at radius 1 is 1.56 bits per heavy atom. The highest BCUT2D eigenvalue weighted by Crippen LogP contribution is 2.01. The smallest absolute Gasteiger partial charge is 0.285 e. The minimum absolute atomic E-state index is 0.153. The first-order valence-electron chi connectivity index (χ1n) is 4.33. The zero-order chi connectivity index (χ0) is 12.0. The van der Waals surface area contributed by atoms with Crippen molar-refractivity contribution < 1.29 is 10.2 Å². The van der Waals surface area contributed by atoms with Crippen molar-refractivity contribution in [2.45, 2.75) is 6.54 Å². The van der Waals surface area contributed by atoms with Crippen LogP contribution in [0.5, 0.6) is 0 Å². The Kier molecular flexibility index (Phi) is 4.18. The predicted octanol–water partition coefficient (Wildman–Crippen LogP) is -0.111. The summed E-state index contributed by atoms with van der Waals surface area (Å²) in [7, 11) is 0. The first-order valence-corrected chi connectivity index (χ1v) is 4.33. The normalized spacial score (nSPS) is 11.2. The molecule has 0 saturated heterocycles. The standard InChI is InChI=1S/C8H11N5O3/c9-8(10-13(15)16)12(11-14)6-7-4-2-1-3-5-7/h1-5,11,14H,6H2,(H2,9,10). The molecule has 0 bridgehead atoms. The van der Waals surface area contributed by atoms with Gasteiger partial charge in [0.25, 0.3) is 5.96 Å². The lowest BCUT2D eigenvalue weighted by Gasteiger charge is -2.18. The molecule has 0 aliphatic heterocycles. The van der Waals surface area contributed by atoms with Gasteiger partial charge in [-0.05, 0) is 5.56 Å². The largest absolute Gasteiger partial charge is 0.363 e. The third-order valence-corrected chi connectivity index (χ3v) is 1.76. The minimum Gasteiger partial charge on any atom is -0.363 e. The van der Waals surface area contributed by atoms with Crippen LogP contribution in [-0.2, 0) is 6.54 Å². The van der Waals surface area contributed by atoms with E-state index < -0.39 is 11.0 Å². The first kappa shape index (κ1) is 11.9. The molecule has 1 aromatic carbocycles. The fourth-order valence-corrected chi connectivity index (χ4v) is 1.07. The van der Waals surface area contributed by atoms with E-state index in [0.29, 0.717) is 0 Å². The maximum atomic E-state index is 10.1. The summed E-state index contributed by atoms with van der Waals surface area (Å²) in [4.78, 5) is 10.1. The van der Waals surface area contributed by atoms with E-state index in [1.807, 2.05) is 6.07 Å². The van der Waals surface area contributed by atoms with Crippen LogP contribution in [0.4, 0.5) is 0 Å². The van der Waals surface area contributed by atoms with Gasteiger partial charge in [-0.1, -0.05) is 30.3 Å². The highest BCUT2D eigenvalue weighted by atomic mass is 16.7. The number of hydrogen-bond donors (Lipinski definition) is 3. The highest BCUT2D eigenvalue weighted by molar-refractivity contribution is 5.76. The summed E-state index contributed by atoms with van der Waals surface area (Å²) in [6.45, 7) is 0.153. The van der Waals surface area contributed by atoms with Gasteiger partial charge in [-0.25, -0.2) is 15.1 Å². The Labute approximate surface area is 91.0 Å². The topological polar surface area (TPSA) is 117 Å². The molecule has 4 N–H and O–H groups in total. The summed E-state index contributed by atoms with van der Waals surface area (Å²) in [6.07, 6.45) is 0. The second-order valence-electron chi connectivity index (χ2n) is 2.87. The van der Waals surface area contributed by atoms with Gasteiger partial charge < -0.3 is 5.73 Å². The van der Waals surface area contributed by atoms with Crippen molar-refractivity contribution in [2.24, 2.45) is 10.8 Å². The van der Waals surface area contributed by atoms with E-state index in [-0.39, 0.29) is 6.54 Å². The fourth-order valence-electron chi connectivity index (χ4n) is 1.07. The number of hydrazone groups is 1. The third kappa shape index (κ3) is 3.52. The Hall–Kier alpha value is -2.19. The average molecular weight is 225 g/mol. The monoisotopic (exact) mass is 225 g/mol. The maximum absolute atomic E-state index is 10.1. The van der Waals surface area contributed by atoms with Crippen molar-refractivity contribution in [1.82, 2.24) is 10.6 Å². The number of guanidine groups is 1. The summed E-state index contributed by atoms with van der Waals surface area (Å²) in [5.74, 6) is -0.434.